The topological polar surface area (TPSA) is 26.3 Å². The van der Waals surface area contributed by atoms with Gasteiger partial charge in [-0.25, -0.2) is 0 Å². The Morgan fingerprint density at radius 1 is 1.33 bits per heavy atom. The molecule has 0 fully saturated rings. The zero-order valence-electron chi connectivity index (χ0n) is 9.43. The average molecular weight is 243 g/mol. The van der Waals surface area contributed by atoms with E-state index in [-0.39, 0.29) is 0 Å². The first-order valence-corrected chi connectivity index (χ1v) is 8.57. The minimum Gasteiger partial charge on any atom is -0.544 e. The molecule has 0 aliphatic rings. The molecule has 0 atom stereocenters. The Kier molecular flexibility index (Phi) is 3.57. The van der Waals surface area contributed by atoms with Crippen molar-refractivity contribution in [2.75, 3.05) is 0 Å². The third kappa shape index (κ3) is 3.07. The molecule has 0 unspecified atom stereocenters. The fourth-order valence-corrected chi connectivity index (χ4v) is 2.31. The van der Waals surface area contributed by atoms with E-state index in [1.807, 2.05) is 13.0 Å². The van der Waals surface area contributed by atoms with E-state index in [4.69, 9.17) is 16.0 Å². The van der Waals surface area contributed by atoms with Gasteiger partial charge in [0, 0.05) is 0 Å². The van der Waals surface area contributed by atoms with Crippen LogP contribution in [0.15, 0.2) is 12.1 Å². The van der Waals surface area contributed by atoms with Crippen LogP contribution in [0.25, 0.3) is 0 Å². The van der Waals surface area contributed by atoms with Gasteiger partial charge in [-0.05, 0) is 38.2 Å². The van der Waals surface area contributed by atoms with Crippen LogP contribution in [0.4, 0.5) is 0 Å². The maximum Gasteiger partial charge on any atom is 0.242 e. The molecular weight excluding hydrogens is 228 g/mol. The highest BCUT2D eigenvalue weighted by Crippen LogP contribution is 2.30. The minimum absolute atomic E-state index is 0.448. The molecule has 0 bridgehead atoms. The van der Waals surface area contributed by atoms with Crippen molar-refractivity contribution >= 4 is 26.2 Å². The molecule has 0 N–H and O–H groups in total. The minimum atomic E-state index is -1.72. The van der Waals surface area contributed by atoms with Gasteiger partial charge in [0.25, 0.3) is 0 Å². The van der Waals surface area contributed by atoms with Crippen LogP contribution in [0.5, 0.6) is 5.75 Å². The molecule has 0 heterocycles. The summed E-state index contributed by atoms with van der Waals surface area (Å²) in [4.78, 5) is 10.9. The molecule has 0 saturated heterocycles. The summed E-state index contributed by atoms with van der Waals surface area (Å²) in [5, 5.41) is 0.448. The molecule has 15 heavy (non-hydrogen) atoms. The lowest BCUT2D eigenvalue weighted by Gasteiger charge is -2.22. The molecule has 1 aromatic rings. The molecule has 0 saturated carbocycles. The Labute approximate surface area is 96.3 Å². The van der Waals surface area contributed by atoms with Crippen LogP contribution in [0.1, 0.15) is 15.9 Å². The Hall–Kier alpha value is -0.803. The van der Waals surface area contributed by atoms with E-state index in [2.05, 4.69) is 19.6 Å². The highest BCUT2D eigenvalue weighted by Gasteiger charge is 2.20. The maximum absolute atomic E-state index is 10.9. The number of carbonyl (C=O) groups excluding carboxylic acids is 1. The molecule has 2 nitrogen and oxygen atoms in total. The zero-order valence-corrected chi connectivity index (χ0v) is 11.2. The highest BCUT2D eigenvalue weighted by atomic mass is 35.5. The normalized spacial score (nSPS) is 11.3. The van der Waals surface area contributed by atoms with Crippen LogP contribution in [0.3, 0.4) is 0 Å². The summed E-state index contributed by atoms with van der Waals surface area (Å²) >= 11 is 5.93. The van der Waals surface area contributed by atoms with E-state index >= 15 is 0 Å². The van der Waals surface area contributed by atoms with Crippen LogP contribution >= 0.6 is 11.6 Å². The largest absolute Gasteiger partial charge is 0.544 e. The summed E-state index contributed by atoms with van der Waals surface area (Å²) in [6, 6.07) is 3.59. The van der Waals surface area contributed by atoms with Gasteiger partial charge >= 0.3 is 0 Å². The van der Waals surface area contributed by atoms with Crippen LogP contribution in [0.2, 0.25) is 24.7 Å². The first-order chi connectivity index (χ1) is 6.85. The van der Waals surface area contributed by atoms with Crippen molar-refractivity contribution in [2.45, 2.75) is 26.6 Å². The smallest absolute Gasteiger partial charge is 0.242 e. The Morgan fingerprint density at radius 2 is 1.93 bits per heavy atom. The molecule has 1 aromatic carbocycles. The second-order valence-corrected chi connectivity index (χ2v) is 9.28. The van der Waals surface area contributed by atoms with E-state index in [0.29, 0.717) is 16.3 Å². The van der Waals surface area contributed by atoms with Crippen molar-refractivity contribution in [2.24, 2.45) is 0 Å². The van der Waals surface area contributed by atoms with Crippen LogP contribution in [-0.4, -0.2) is 14.6 Å². The molecule has 1 rings (SSSR count). The van der Waals surface area contributed by atoms with Crippen molar-refractivity contribution in [3.63, 3.8) is 0 Å². The van der Waals surface area contributed by atoms with Crippen LogP contribution < -0.4 is 4.43 Å². The van der Waals surface area contributed by atoms with Gasteiger partial charge in [0.2, 0.25) is 8.32 Å². The SMILES string of the molecule is Cc1ccc(Cl)c(C=O)c1O[Si](C)(C)C. The standard InChI is InChI=1S/C11H15ClO2Si/c1-8-5-6-10(12)9(7-13)11(8)14-15(2,3)4/h5-7H,1-4H3. The molecule has 0 aliphatic carbocycles. The summed E-state index contributed by atoms with van der Waals surface area (Å²) < 4.78 is 5.86. The van der Waals surface area contributed by atoms with Gasteiger partial charge in [0.15, 0.2) is 6.29 Å². The fourth-order valence-electron chi connectivity index (χ4n) is 1.24. The van der Waals surface area contributed by atoms with E-state index in [9.17, 15) is 4.79 Å². The zero-order chi connectivity index (χ0) is 11.6. The summed E-state index contributed by atoms with van der Waals surface area (Å²) in [6.45, 7) is 8.13. The van der Waals surface area contributed by atoms with Crippen LogP contribution in [-0.2, 0) is 0 Å². The Morgan fingerprint density at radius 3 is 2.40 bits per heavy atom. The highest BCUT2D eigenvalue weighted by molar-refractivity contribution is 6.70. The average Bonchev–Trinajstić information content (AvgIpc) is 2.10. The second kappa shape index (κ2) is 4.37. The van der Waals surface area contributed by atoms with Crippen molar-refractivity contribution in [1.82, 2.24) is 0 Å². The first-order valence-electron chi connectivity index (χ1n) is 4.78. The van der Waals surface area contributed by atoms with Gasteiger partial charge < -0.3 is 4.43 Å². The number of halogens is 1. The summed E-state index contributed by atoms with van der Waals surface area (Å²) in [5.74, 6) is 0.636. The van der Waals surface area contributed by atoms with E-state index in [1.54, 1.807) is 6.07 Å². The third-order valence-corrected chi connectivity index (χ3v) is 3.01. The summed E-state index contributed by atoms with van der Waals surface area (Å²) in [6.07, 6.45) is 0.755. The number of benzene rings is 1. The van der Waals surface area contributed by atoms with E-state index in [1.165, 1.54) is 0 Å². The monoisotopic (exact) mass is 242 g/mol. The number of aldehydes is 1. The van der Waals surface area contributed by atoms with Crippen molar-refractivity contribution in [1.29, 1.82) is 0 Å². The van der Waals surface area contributed by atoms with Gasteiger partial charge in [0.1, 0.15) is 5.75 Å². The predicted octanol–water partition coefficient (Wildman–Crippen LogP) is 3.67. The molecule has 0 spiro atoms. The molecule has 82 valence electrons. The molecular formula is C11H15ClO2Si. The lowest BCUT2D eigenvalue weighted by Crippen LogP contribution is -2.30. The van der Waals surface area contributed by atoms with E-state index < -0.39 is 8.32 Å². The number of aryl methyl sites for hydroxylation is 1. The summed E-state index contributed by atoms with van der Waals surface area (Å²) in [7, 11) is -1.72. The Balaban J connectivity index is 3.25. The molecule has 0 amide bonds. The first kappa shape index (κ1) is 12.3. The third-order valence-electron chi connectivity index (χ3n) is 1.87. The van der Waals surface area contributed by atoms with Gasteiger partial charge in [0.05, 0.1) is 10.6 Å². The van der Waals surface area contributed by atoms with Gasteiger partial charge in [-0.3, -0.25) is 4.79 Å². The molecule has 0 radical (unpaired) electrons. The quantitative estimate of drug-likeness (QED) is 0.597. The van der Waals surface area contributed by atoms with Gasteiger partial charge in [-0.2, -0.15) is 0 Å². The molecule has 0 aromatic heterocycles. The number of carbonyl (C=O) groups is 1. The molecule has 4 heteroatoms. The fraction of sp³-hybridized carbons (Fsp3) is 0.364. The lowest BCUT2D eigenvalue weighted by molar-refractivity contribution is 0.112. The lowest BCUT2D eigenvalue weighted by atomic mass is 10.1. The Bertz CT molecular complexity index is 383. The maximum atomic E-state index is 10.9. The molecule has 0 aliphatic heterocycles. The van der Waals surface area contributed by atoms with Crippen molar-refractivity contribution in [3.05, 3.63) is 28.3 Å². The van der Waals surface area contributed by atoms with E-state index in [0.717, 1.165) is 11.8 Å². The van der Waals surface area contributed by atoms with Gasteiger partial charge in [-0.1, -0.05) is 17.7 Å². The number of rotatable bonds is 3. The van der Waals surface area contributed by atoms with Gasteiger partial charge in [-0.15, -0.1) is 0 Å². The summed E-state index contributed by atoms with van der Waals surface area (Å²) in [5.41, 5.74) is 1.41. The van der Waals surface area contributed by atoms with Crippen molar-refractivity contribution in [3.8, 4) is 5.75 Å². The number of hydrogen-bond acceptors (Lipinski definition) is 2. The van der Waals surface area contributed by atoms with Crippen molar-refractivity contribution < 1.29 is 9.22 Å². The van der Waals surface area contributed by atoms with Crippen LogP contribution in [0, 0.1) is 6.92 Å². The predicted molar refractivity (Wildman–Crippen MR) is 65.6 cm³/mol. The second-order valence-electron chi connectivity index (χ2n) is 4.44. The number of hydrogen-bond donors (Lipinski definition) is 0.